The van der Waals surface area contributed by atoms with Crippen molar-refractivity contribution in [1.29, 1.82) is 0 Å². The normalized spacial score (nSPS) is 14.5. The van der Waals surface area contributed by atoms with E-state index in [-0.39, 0.29) is 5.56 Å². The van der Waals surface area contributed by atoms with Gasteiger partial charge in [0.05, 0.1) is 10.6 Å². The molecule has 2 aromatic heterocycles. The van der Waals surface area contributed by atoms with Crippen LogP contribution in [0.1, 0.15) is 48.9 Å². The second-order valence-corrected chi connectivity index (χ2v) is 5.20. The Balaban J connectivity index is 0.000000205. The predicted molar refractivity (Wildman–Crippen MR) is 80.5 cm³/mol. The van der Waals surface area contributed by atoms with Gasteiger partial charge in [-0.15, -0.1) is 0 Å². The highest BCUT2D eigenvalue weighted by Gasteiger charge is 2.12. The molecule has 0 aromatic carbocycles. The molecule has 108 valence electrons. The molecule has 6 heteroatoms. The molecule has 2 aromatic rings. The van der Waals surface area contributed by atoms with Gasteiger partial charge < -0.3 is 4.98 Å². The zero-order valence-corrected chi connectivity index (χ0v) is 12.0. The number of aromatic nitrogens is 2. The molecule has 0 spiro atoms. The van der Waals surface area contributed by atoms with Crippen molar-refractivity contribution >= 4 is 28.5 Å². The molecule has 1 aliphatic rings. The number of carbonyl (C=O) groups excluding carboxylic acids is 1. The van der Waals surface area contributed by atoms with Crippen LogP contribution in [0.3, 0.4) is 0 Å². The topological polar surface area (TPSA) is 83.8 Å². The first-order valence-electron chi connectivity index (χ1n) is 6.86. The largest absolute Gasteiger partial charge is 0.346 e. The molecule has 4 N–H and O–H groups in total. The Morgan fingerprint density at radius 3 is 2.40 bits per heavy atom. The summed E-state index contributed by atoms with van der Waals surface area (Å²) in [5.41, 5.74) is 2.91. The molecule has 5 nitrogen and oxygen atoms in total. The Morgan fingerprint density at radius 2 is 1.85 bits per heavy atom. The van der Waals surface area contributed by atoms with Crippen molar-refractivity contribution in [1.82, 2.24) is 15.4 Å². The van der Waals surface area contributed by atoms with Gasteiger partial charge in [0.15, 0.2) is 0 Å². The van der Waals surface area contributed by atoms with Crippen molar-refractivity contribution in [2.45, 2.75) is 38.5 Å². The number of H-pyrrole nitrogens is 1. The molecule has 1 saturated carbocycles. The zero-order chi connectivity index (χ0) is 14.4. The molecule has 1 aliphatic carbocycles. The van der Waals surface area contributed by atoms with E-state index < -0.39 is 5.91 Å². The molecule has 0 saturated heterocycles. The Hall–Kier alpha value is -1.59. The van der Waals surface area contributed by atoms with Gasteiger partial charge in [-0.1, -0.05) is 50.1 Å². The van der Waals surface area contributed by atoms with Crippen LogP contribution < -0.4 is 11.3 Å². The van der Waals surface area contributed by atoms with Crippen molar-refractivity contribution in [3.8, 4) is 0 Å². The van der Waals surface area contributed by atoms with Crippen molar-refractivity contribution in [3.63, 3.8) is 0 Å². The van der Waals surface area contributed by atoms with Gasteiger partial charge in [0, 0.05) is 17.8 Å². The quantitative estimate of drug-likeness (QED) is 0.429. The molecule has 0 unspecified atom stereocenters. The van der Waals surface area contributed by atoms with Crippen LogP contribution in [0.15, 0.2) is 18.5 Å². The van der Waals surface area contributed by atoms with E-state index in [0.717, 1.165) is 0 Å². The monoisotopic (exact) mass is 294 g/mol. The smallest absolute Gasteiger partial charge is 0.268 e. The number of nitrogens with two attached hydrogens (primary N) is 1. The fraction of sp³-hybridized carbons (Fsp3) is 0.429. The van der Waals surface area contributed by atoms with Gasteiger partial charge in [0.25, 0.3) is 5.91 Å². The second kappa shape index (κ2) is 7.26. The lowest BCUT2D eigenvalue weighted by molar-refractivity contribution is 0.0953. The number of nitrogens with zero attached hydrogens (tertiary/aromatic N) is 1. The van der Waals surface area contributed by atoms with Gasteiger partial charge in [-0.25, -0.2) is 10.8 Å². The van der Waals surface area contributed by atoms with Gasteiger partial charge >= 0.3 is 0 Å². The maximum Gasteiger partial charge on any atom is 0.268 e. The lowest BCUT2D eigenvalue weighted by Gasteiger charge is -2.05. The van der Waals surface area contributed by atoms with Crippen LogP contribution in [0, 0.1) is 0 Å². The number of nitrogens with one attached hydrogen (secondary N) is 2. The number of nitrogen functional groups attached to an aromatic ring is 1. The number of fused-ring (bicyclic) bond motifs is 1. The fourth-order valence-corrected chi connectivity index (χ4v) is 2.56. The zero-order valence-electron chi connectivity index (χ0n) is 11.3. The minimum atomic E-state index is -0.453. The van der Waals surface area contributed by atoms with Crippen LogP contribution >= 0.6 is 11.6 Å². The number of rotatable bonds is 1. The summed E-state index contributed by atoms with van der Waals surface area (Å²) in [6.45, 7) is 0. The Labute approximate surface area is 122 Å². The molecular weight excluding hydrogens is 276 g/mol. The third-order valence-corrected chi connectivity index (χ3v) is 3.80. The lowest BCUT2D eigenvalue weighted by Crippen LogP contribution is -2.30. The fourth-order valence-electron chi connectivity index (χ4n) is 2.27. The van der Waals surface area contributed by atoms with Crippen LogP contribution in [0.25, 0.3) is 11.0 Å². The molecule has 1 fully saturated rings. The number of aromatic amines is 1. The molecule has 0 atom stereocenters. The maximum absolute atomic E-state index is 11.2. The Kier molecular flexibility index (Phi) is 5.38. The van der Waals surface area contributed by atoms with Crippen LogP contribution in [0.5, 0.6) is 0 Å². The first kappa shape index (κ1) is 14.8. The number of halogens is 1. The standard InChI is InChI=1S/C8H7ClN4O.C6H12/c9-6-4-1-2-11-7(4)12-3-5(6)8(14)13-10;1-2-4-6-5-3-1/h1-3H,10H2,(H,11,12)(H,13,14);1-6H2. The molecule has 0 aliphatic heterocycles. The van der Waals surface area contributed by atoms with Crippen LogP contribution in [-0.2, 0) is 0 Å². The van der Waals surface area contributed by atoms with E-state index in [4.69, 9.17) is 17.4 Å². The minimum Gasteiger partial charge on any atom is -0.346 e. The summed E-state index contributed by atoms with van der Waals surface area (Å²) in [7, 11) is 0. The summed E-state index contributed by atoms with van der Waals surface area (Å²) < 4.78 is 0. The molecule has 2 heterocycles. The highest BCUT2D eigenvalue weighted by Crippen LogP contribution is 2.24. The highest BCUT2D eigenvalue weighted by atomic mass is 35.5. The van der Waals surface area contributed by atoms with Crippen LogP contribution in [0.2, 0.25) is 5.02 Å². The first-order valence-corrected chi connectivity index (χ1v) is 7.24. The van der Waals surface area contributed by atoms with Crippen LogP contribution in [0.4, 0.5) is 0 Å². The van der Waals surface area contributed by atoms with Crippen molar-refractivity contribution in [2.75, 3.05) is 0 Å². The molecule has 3 rings (SSSR count). The van der Waals surface area contributed by atoms with Crippen LogP contribution in [-0.4, -0.2) is 15.9 Å². The maximum atomic E-state index is 11.2. The number of carbonyl (C=O) groups is 1. The van der Waals surface area contributed by atoms with E-state index in [1.165, 1.54) is 44.7 Å². The number of pyridine rings is 1. The predicted octanol–water partition coefficient (Wildman–Crippen LogP) is 3.16. The van der Waals surface area contributed by atoms with Gasteiger partial charge in [-0.2, -0.15) is 0 Å². The summed E-state index contributed by atoms with van der Waals surface area (Å²) in [6.07, 6.45) is 12.1. The Morgan fingerprint density at radius 1 is 1.25 bits per heavy atom. The summed E-state index contributed by atoms with van der Waals surface area (Å²) in [4.78, 5) is 18.1. The third-order valence-electron chi connectivity index (χ3n) is 3.40. The minimum absolute atomic E-state index is 0.265. The number of hydrogen-bond acceptors (Lipinski definition) is 3. The number of amides is 1. The van der Waals surface area contributed by atoms with E-state index in [1.807, 2.05) is 5.43 Å². The number of hydrogen-bond donors (Lipinski definition) is 3. The van der Waals surface area contributed by atoms with Gasteiger partial charge in [0.1, 0.15) is 5.65 Å². The second-order valence-electron chi connectivity index (χ2n) is 4.82. The third kappa shape index (κ3) is 3.49. The summed E-state index contributed by atoms with van der Waals surface area (Å²) in [5, 5.41) is 1.05. The highest BCUT2D eigenvalue weighted by molar-refractivity contribution is 6.38. The van der Waals surface area contributed by atoms with E-state index in [9.17, 15) is 4.79 Å². The first-order chi connectivity index (χ1) is 9.74. The van der Waals surface area contributed by atoms with Crippen molar-refractivity contribution in [2.24, 2.45) is 5.84 Å². The molecule has 20 heavy (non-hydrogen) atoms. The lowest BCUT2D eigenvalue weighted by atomic mass is 10.0. The summed E-state index contributed by atoms with van der Waals surface area (Å²) in [5.74, 6) is 4.55. The molecule has 0 radical (unpaired) electrons. The molecule has 1 amide bonds. The number of hydrazine groups is 1. The van der Waals surface area contributed by atoms with E-state index >= 15 is 0 Å². The summed E-state index contributed by atoms with van der Waals surface area (Å²) in [6, 6.07) is 1.75. The molecular formula is C14H19ClN4O. The van der Waals surface area contributed by atoms with Gasteiger partial charge in [0.2, 0.25) is 0 Å². The van der Waals surface area contributed by atoms with Crippen molar-refractivity contribution in [3.05, 3.63) is 29.0 Å². The van der Waals surface area contributed by atoms with Gasteiger partial charge in [-0.05, 0) is 6.07 Å². The van der Waals surface area contributed by atoms with Crippen molar-refractivity contribution < 1.29 is 4.79 Å². The summed E-state index contributed by atoms with van der Waals surface area (Å²) >= 11 is 5.98. The average Bonchev–Trinajstić information content (AvgIpc) is 2.99. The van der Waals surface area contributed by atoms with E-state index in [1.54, 1.807) is 12.3 Å². The molecule has 0 bridgehead atoms. The van der Waals surface area contributed by atoms with Gasteiger partial charge in [-0.3, -0.25) is 10.2 Å². The Bertz CT molecular complexity index is 566. The average molecular weight is 295 g/mol. The van der Waals surface area contributed by atoms with E-state index in [2.05, 4.69) is 9.97 Å². The SMILES string of the molecule is C1CCCCC1.NNC(=O)c1cnc2[nH]ccc2c1Cl. The van der Waals surface area contributed by atoms with E-state index in [0.29, 0.717) is 16.1 Å².